The Balaban J connectivity index is 0.000000228. The number of pyridine rings is 1. The van der Waals surface area contributed by atoms with Crippen molar-refractivity contribution in [2.75, 3.05) is 26.7 Å². The van der Waals surface area contributed by atoms with Crippen LogP contribution in [0, 0.1) is 34.5 Å². The second kappa shape index (κ2) is 13.1. The first-order valence-corrected chi connectivity index (χ1v) is 12.5. The molecule has 0 amide bonds. The molecular weight excluding hydrogens is 450 g/mol. The molecule has 0 aliphatic carbocycles. The summed E-state index contributed by atoms with van der Waals surface area (Å²) in [5.74, 6) is 1.96. The van der Waals surface area contributed by atoms with Gasteiger partial charge in [0.05, 0.1) is 25.7 Å². The third-order valence-corrected chi connectivity index (χ3v) is 7.27. The maximum atomic E-state index is 11.0. The number of nitrogens with one attached hydrogen (secondary N) is 1. The van der Waals surface area contributed by atoms with Gasteiger partial charge in [0.2, 0.25) is 6.54 Å². The van der Waals surface area contributed by atoms with E-state index in [0.29, 0.717) is 18.4 Å². The third kappa shape index (κ3) is 7.57. The fraction of sp³-hybridized carbons (Fsp3) is 0.615. The topological polar surface area (TPSA) is 126 Å². The van der Waals surface area contributed by atoms with E-state index in [2.05, 4.69) is 9.87 Å². The molecule has 1 aromatic heterocycles. The number of ether oxygens (including phenoxy) is 1. The molecule has 0 saturated carbocycles. The minimum Gasteiger partial charge on any atom is -0.588 e. The van der Waals surface area contributed by atoms with Gasteiger partial charge in [-0.2, -0.15) is 0 Å². The summed E-state index contributed by atoms with van der Waals surface area (Å²) in [5.41, 5.74) is 1.91. The van der Waals surface area contributed by atoms with Gasteiger partial charge in [-0.05, 0) is 67.5 Å². The largest absolute Gasteiger partial charge is 0.588 e. The van der Waals surface area contributed by atoms with Crippen molar-refractivity contribution in [1.82, 2.24) is 4.98 Å². The molecule has 2 bridgehead atoms. The van der Waals surface area contributed by atoms with Crippen LogP contribution in [0.15, 0.2) is 30.5 Å². The second-order valence-corrected chi connectivity index (χ2v) is 10.2. The Morgan fingerprint density at radius 1 is 1.31 bits per heavy atom. The van der Waals surface area contributed by atoms with E-state index >= 15 is 0 Å². The summed E-state index contributed by atoms with van der Waals surface area (Å²) < 4.78 is 5.34. The molecule has 9 nitrogen and oxygen atoms in total. The maximum Gasteiger partial charge on any atom is 0.204 e. The molecule has 35 heavy (non-hydrogen) atoms. The van der Waals surface area contributed by atoms with Gasteiger partial charge < -0.3 is 24.9 Å². The van der Waals surface area contributed by atoms with Gasteiger partial charge in [-0.3, -0.25) is 15.1 Å². The number of hydrogen-bond donors (Lipinski definition) is 2. The number of nitro groups is 1. The average molecular weight is 490 g/mol. The number of quaternary nitrogens is 1. The Kier molecular flexibility index (Phi) is 10.2. The lowest BCUT2D eigenvalue weighted by molar-refractivity contribution is -0.946. The Labute approximate surface area is 207 Å². The van der Waals surface area contributed by atoms with Gasteiger partial charge in [0.25, 0.3) is 0 Å². The lowest BCUT2D eigenvalue weighted by atomic mass is 9.79. The summed E-state index contributed by atoms with van der Waals surface area (Å²) in [5, 5.41) is 32.1. The first-order chi connectivity index (χ1) is 16.8. The first-order valence-electron chi connectivity index (χ1n) is 12.5. The van der Waals surface area contributed by atoms with Crippen LogP contribution in [0.5, 0.6) is 5.75 Å². The molecule has 1 aromatic carbocycles. The van der Waals surface area contributed by atoms with Crippen LogP contribution in [-0.4, -0.2) is 52.7 Å². The monoisotopic (exact) mass is 489 g/mol. The van der Waals surface area contributed by atoms with Crippen molar-refractivity contribution in [1.29, 1.82) is 0 Å². The lowest BCUT2D eigenvalue weighted by Crippen LogP contribution is -3.19. The van der Waals surface area contributed by atoms with Gasteiger partial charge in [-0.15, -0.1) is 6.42 Å². The quantitative estimate of drug-likeness (QED) is 0.173. The van der Waals surface area contributed by atoms with E-state index in [0.717, 1.165) is 41.0 Å². The Hall–Kier alpha value is -2.33. The number of piperidine rings is 3. The fourth-order valence-electron chi connectivity index (χ4n) is 5.60. The predicted molar refractivity (Wildman–Crippen MR) is 131 cm³/mol. The summed E-state index contributed by atoms with van der Waals surface area (Å²) in [4.78, 5) is 18.5. The summed E-state index contributed by atoms with van der Waals surface area (Å²) >= 11 is 0. The van der Waals surface area contributed by atoms with Crippen LogP contribution in [0.25, 0.3) is 10.9 Å². The first kappa shape index (κ1) is 27.3. The van der Waals surface area contributed by atoms with Crippen LogP contribution >= 0.6 is 0 Å². The summed E-state index contributed by atoms with van der Waals surface area (Å²) in [6, 6.07) is 8.17. The lowest BCUT2D eigenvalue weighted by Gasteiger charge is -2.44. The molecule has 3 N–H and O–H groups in total. The van der Waals surface area contributed by atoms with Crippen molar-refractivity contribution in [3.05, 3.63) is 52.7 Å². The van der Waals surface area contributed by atoms with Gasteiger partial charge in [-0.1, -0.05) is 13.8 Å². The van der Waals surface area contributed by atoms with E-state index in [1.807, 2.05) is 38.1 Å². The molecule has 3 saturated heterocycles. The standard InChI is InChI=1S/C18H22N2O2.C8H16NO4/c1-22-13-2-3-16-15(11-13)14(4-7-19-16)18(21)17-10-12-5-8-20(17)9-6-12;1-7(2)5-8(3-4-13-12)6-9(10)11/h2-4,7,11-12,17-18,21H,5-6,8-10H2,1H3;4,7-8,13H,3,5-6H2,1-2H3/q;-1/p+1/t17?,18-;8-/m01/s1. The highest BCUT2D eigenvalue weighted by atomic mass is 17.1. The molecule has 3 aliphatic rings. The minimum atomic E-state index is -0.421. The molecule has 3 aliphatic heterocycles. The number of aliphatic hydroxyl groups excluding tert-OH is 1. The van der Waals surface area contributed by atoms with Crippen molar-refractivity contribution in [3.63, 3.8) is 0 Å². The van der Waals surface area contributed by atoms with Crippen molar-refractivity contribution in [3.8, 4) is 5.75 Å². The number of rotatable bonds is 10. The molecule has 0 radical (unpaired) electrons. The van der Waals surface area contributed by atoms with Crippen LogP contribution in [0.2, 0.25) is 0 Å². The molecule has 3 fully saturated rings. The molecule has 9 heteroatoms. The summed E-state index contributed by atoms with van der Waals surface area (Å²) in [7, 11) is 1.67. The zero-order valence-electron chi connectivity index (χ0n) is 20.9. The summed E-state index contributed by atoms with van der Waals surface area (Å²) in [6.45, 7) is 7.54. The zero-order chi connectivity index (χ0) is 25.4. The van der Waals surface area contributed by atoms with E-state index in [9.17, 15) is 20.5 Å². The number of nitrogens with zero attached hydrogens (tertiary/aromatic N) is 2. The van der Waals surface area contributed by atoms with E-state index in [4.69, 9.17) is 4.74 Å². The smallest absolute Gasteiger partial charge is 0.204 e. The number of hydrogen-bond acceptors (Lipinski definition) is 6. The fourth-order valence-corrected chi connectivity index (χ4v) is 5.60. The van der Waals surface area contributed by atoms with Crippen molar-refractivity contribution >= 4 is 10.9 Å². The number of aromatic nitrogens is 1. The van der Waals surface area contributed by atoms with Crippen LogP contribution in [0.4, 0.5) is 0 Å². The van der Waals surface area contributed by atoms with Crippen molar-refractivity contribution < 1.29 is 29.8 Å². The molecule has 4 heterocycles. The average Bonchev–Trinajstić information content (AvgIpc) is 2.86. The van der Waals surface area contributed by atoms with E-state index < -0.39 is 6.10 Å². The molecule has 3 atom stereocenters. The van der Waals surface area contributed by atoms with E-state index in [1.54, 1.807) is 18.2 Å². The summed E-state index contributed by atoms with van der Waals surface area (Å²) in [6.07, 6.45) is 6.34. The molecular formula is C26H39N3O6. The molecule has 2 aromatic rings. The van der Waals surface area contributed by atoms with Gasteiger partial charge in [0.1, 0.15) is 17.9 Å². The second-order valence-electron chi connectivity index (χ2n) is 10.2. The molecule has 5 rings (SSSR count). The maximum absolute atomic E-state index is 11.0. The highest BCUT2D eigenvalue weighted by Crippen LogP contribution is 2.32. The predicted octanol–water partition coefficient (Wildman–Crippen LogP) is 2.19. The van der Waals surface area contributed by atoms with Crippen LogP contribution in [-0.2, 0) is 0 Å². The van der Waals surface area contributed by atoms with Gasteiger partial charge in [0, 0.05) is 28.8 Å². The van der Waals surface area contributed by atoms with E-state index in [1.165, 1.54) is 32.5 Å². The Bertz CT molecular complexity index is 948. The number of benzene rings is 1. The number of methoxy groups -OCH3 is 1. The zero-order valence-corrected chi connectivity index (χ0v) is 20.9. The Morgan fingerprint density at radius 3 is 2.63 bits per heavy atom. The van der Waals surface area contributed by atoms with Crippen molar-refractivity contribution in [2.24, 2.45) is 17.8 Å². The number of aliphatic hydroxyl groups is 2. The van der Waals surface area contributed by atoms with Crippen molar-refractivity contribution in [2.45, 2.75) is 58.1 Å². The molecule has 194 valence electrons. The van der Waals surface area contributed by atoms with Crippen LogP contribution in [0.3, 0.4) is 0 Å². The SMILES string of the molecule is CC(C)C[C@@H](C[CH-][OH+][O-])C[N+](=O)[O-].COc1ccc2nccc([C@H](O)C3CC4CC[NH+]3CC4)c2c1. The minimum absolute atomic E-state index is 0.0623. The van der Waals surface area contributed by atoms with Gasteiger partial charge >= 0.3 is 0 Å². The molecule has 1 unspecified atom stereocenters. The van der Waals surface area contributed by atoms with Gasteiger partial charge in [0.15, 0.2) is 0 Å². The third-order valence-electron chi connectivity index (χ3n) is 7.27. The van der Waals surface area contributed by atoms with Crippen LogP contribution < -0.4 is 14.9 Å². The highest BCUT2D eigenvalue weighted by Gasteiger charge is 2.41. The normalized spacial score (nSPS) is 23.0. The van der Waals surface area contributed by atoms with Crippen LogP contribution in [0.1, 0.15) is 57.6 Å². The highest BCUT2D eigenvalue weighted by molar-refractivity contribution is 5.83. The molecule has 0 spiro atoms. The van der Waals surface area contributed by atoms with Gasteiger partial charge in [-0.25, -0.2) is 0 Å². The van der Waals surface area contributed by atoms with E-state index in [-0.39, 0.29) is 17.4 Å². The number of fused-ring (bicyclic) bond motifs is 4. The Morgan fingerprint density at radius 2 is 2.06 bits per heavy atom.